The number of hydrogen-bond acceptors (Lipinski definition) is 4. The molecule has 0 radical (unpaired) electrons. The molecule has 150 valence electrons. The van der Waals surface area contributed by atoms with Crippen LogP contribution in [0, 0.1) is 0 Å². The van der Waals surface area contributed by atoms with E-state index in [1.54, 1.807) is 25.1 Å². The number of carbonyl (C=O) groups is 1. The number of hydrogen-bond donors (Lipinski definition) is 1. The van der Waals surface area contributed by atoms with E-state index in [0.717, 1.165) is 38.4 Å². The van der Waals surface area contributed by atoms with Crippen LogP contribution in [0.5, 0.6) is 5.75 Å². The Morgan fingerprint density at radius 1 is 1.14 bits per heavy atom. The SMILES string of the molecule is CC(Oc1ccc(Cl)c(Cl)c1)C(=O)NCc1ccccc1CN1CCOCC1. The number of ether oxygens (including phenoxy) is 2. The van der Waals surface area contributed by atoms with Crippen molar-refractivity contribution < 1.29 is 14.3 Å². The highest BCUT2D eigenvalue weighted by molar-refractivity contribution is 6.42. The first-order valence-electron chi connectivity index (χ1n) is 9.29. The molecule has 1 unspecified atom stereocenters. The van der Waals surface area contributed by atoms with Crippen LogP contribution in [0.15, 0.2) is 42.5 Å². The van der Waals surface area contributed by atoms with E-state index in [0.29, 0.717) is 22.3 Å². The average Bonchev–Trinajstić information content (AvgIpc) is 2.70. The Balaban J connectivity index is 1.55. The fourth-order valence-corrected chi connectivity index (χ4v) is 3.31. The summed E-state index contributed by atoms with van der Waals surface area (Å²) in [6, 6.07) is 13.1. The van der Waals surface area contributed by atoms with Crippen LogP contribution in [0.3, 0.4) is 0 Å². The monoisotopic (exact) mass is 422 g/mol. The lowest BCUT2D eigenvalue weighted by Gasteiger charge is -2.27. The molecule has 1 atom stereocenters. The van der Waals surface area contributed by atoms with Crippen molar-refractivity contribution in [2.24, 2.45) is 0 Å². The van der Waals surface area contributed by atoms with Crippen molar-refractivity contribution in [3.05, 3.63) is 63.6 Å². The lowest BCUT2D eigenvalue weighted by Crippen LogP contribution is -2.37. The predicted octanol–water partition coefficient (Wildman–Crippen LogP) is 3.91. The lowest BCUT2D eigenvalue weighted by atomic mass is 10.1. The van der Waals surface area contributed by atoms with Crippen molar-refractivity contribution in [1.29, 1.82) is 0 Å². The number of carbonyl (C=O) groups excluding carboxylic acids is 1. The highest BCUT2D eigenvalue weighted by Crippen LogP contribution is 2.26. The van der Waals surface area contributed by atoms with Crippen LogP contribution >= 0.6 is 23.2 Å². The van der Waals surface area contributed by atoms with Gasteiger partial charge in [0.05, 0.1) is 23.3 Å². The minimum Gasteiger partial charge on any atom is -0.481 e. The van der Waals surface area contributed by atoms with E-state index >= 15 is 0 Å². The van der Waals surface area contributed by atoms with E-state index in [2.05, 4.69) is 16.3 Å². The van der Waals surface area contributed by atoms with Crippen LogP contribution in [0.25, 0.3) is 0 Å². The summed E-state index contributed by atoms with van der Waals surface area (Å²) in [6.45, 7) is 6.39. The third-order valence-electron chi connectivity index (χ3n) is 4.64. The standard InChI is InChI=1S/C21H24Cl2N2O3/c1-15(28-18-6-7-19(22)20(23)12-18)21(26)24-13-16-4-2-3-5-17(16)14-25-8-10-27-11-9-25/h2-7,12,15H,8-11,13-14H2,1H3,(H,24,26). The summed E-state index contributed by atoms with van der Waals surface area (Å²) >= 11 is 11.9. The van der Waals surface area contributed by atoms with E-state index in [1.165, 1.54) is 5.56 Å². The summed E-state index contributed by atoms with van der Waals surface area (Å²) in [5.74, 6) is 0.317. The van der Waals surface area contributed by atoms with Crippen molar-refractivity contribution in [2.75, 3.05) is 26.3 Å². The van der Waals surface area contributed by atoms with Gasteiger partial charge in [0.25, 0.3) is 5.91 Å². The smallest absolute Gasteiger partial charge is 0.261 e. The quantitative estimate of drug-likeness (QED) is 0.734. The first-order chi connectivity index (χ1) is 13.5. The molecule has 1 N–H and O–H groups in total. The minimum absolute atomic E-state index is 0.188. The van der Waals surface area contributed by atoms with Crippen LogP contribution < -0.4 is 10.1 Å². The van der Waals surface area contributed by atoms with Crippen LogP contribution in [0.2, 0.25) is 10.0 Å². The molecule has 28 heavy (non-hydrogen) atoms. The molecule has 1 heterocycles. The van der Waals surface area contributed by atoms with Gasteiger partial charge in [-0.25, -0.2) is 0 Å². The second-order valence-corrected chi connectivity index (χ2v) is 7.53. The predicted molar refractivity (Wildman–Crippen MR) is 111 cm³/mol. The first-order valence-corrected chi connectivity index (χ1v) is 10.0. The zero-order chi connectivity index (χ0) is 19.9. The molecule has 0 saturated carbocycles. The molecular formula is C21H24Cl2N2O3. The summed E-state index contributed by atoms with van der Waals surface area (Å²) in [5.41, 5.74) is 2.31. The molecule has 2 aromatic rings. The molecule has 3 rings (SSSR count). The highest BCUT2D eigenvalue weighted by Gasteiger charge is 2.17. The van der Waals surface area contributed by atoms with Gasteiger partial charge < -0.3 is 14.8 Å². The summed E-state index contributed by atoms with van der Waals surface area (Å²) in [5, 5.41) is 3.80. The molecule has 2 aromatic carbocycles. The maximum absolute atomic E-state index is 12.5. The maximum Gasteiger partial charge on any atom is 0.261 e. The van der Waals surface area contributed by atoms with Crippen LogP contribution in [0.1, 0.15) is 18.1 Å². The van der Waals surface area contributed by atoms with Crippen molar-refractivity contribution in [3.63, 3.8) is 0 Å². The molecular weight excluding hydrogens is 399 g/mol. The Morgan fingerprint density at radius 3 is 2.57 bits per heavy atom. The van der Waals surface area contributed by atoms with E-state index < -0.39 is 6.10 Å². The van der Waals surface area contributed by atoms with Crippen molar-refractivity contribution in [2.45, 2.75) is 26.1 Å². The van der Waals surface area contributed by atoms with Gasteiger partial charge in [0, 0.05) is 32.2 Å². The number of amides is 1. The van der Waals surface area contributed by atoms with Gasteiger partial charge in [-0.3, -0.25) is 9.69 Å². The summed E-state index contributed by atoms with van der Waals surface area (Å²) < 4.78 is 11.1. The second-order valence-electron chi connectivity index (χ2n) is 6.71. The number of morpholine rings is 1. The van der Waals surface area contributed by atoms with Crippen LogP contribution in [-0.4, -0.2) is 43.2 Å². The Bertz CT molecular complexity index is 810. The average molecular weight is 423 g/mol. The molecule has 7 heteroatoms. The van der Waals surface area contributed by atoms with Gasteiger partial charge in [-0.2, -0.15) is 0 Å². The molecule has 1 aliphatic rings. The third-order valence-corrected chi connectivity index (χ3v) is 5.38. The minimum atomic E-state index is -0.649. The molecule has 0 spiro atoms. The molecule has 1 aliphatic heterocycles. The van der Waals surface area contributed by atoms with Crippen molar-refractivity contribution >= 4 is 29.1 Å². The first kappa shape index (κ1) is 20.9. The number of halogens is 2. The van der Waals surface area contributed by atoms with E-state index in [1.807, 2.05) is 18.2 Å². The third kappa shape index (κ3) is 5.85. The summed E-state index contributed by atoms with van der Waals surface area (Å²) in [7, 11) is 0. The molecule has 1 fully saturated rings. The Morgan fingerprint density at radius 2 is 1.86 bits per heavy atom. The summed E-state index contributed by atoms with van der Waals surface area (Å²) in [6.07, 6.45) is -0.649. The number of nitrogens with zero attached hydrogens (tertiary/aromatic N) is 1. The maximum atomic E-state index is 12.5. The Labute approximate surface area is 175 Å². The van der Waals surface area contributed by atoms with Gasteiger partial charge in [0.15, 0.2) is 6.10 Å². The number of nitrogens with one attached hydrogen (secondary N) is 1. The lowest BCUT2D eigenvalue weighted by molar-refractivity contribution is -0.127. The van der Waals surface area contributed by atoms with E-state index in [9.17, 15) is 4.79 Å². The van der Waals surface area contributed by atoms with Crippen LogP contribution in [-0.2, 0) is 22.6 Å². The topological polar surface area (TPSA) is 50.8 Å². The van der Waals surface area contributed by atoms with E-state index in [-0.39, 0.29) is 5.91 Å². The molecule has 0 aliphatic carbocycles. The zero-order valence-corrected chi connectivity index (χ0v) is 17.3. The number of rotatable bonds is 7. The number of benzene rings is 2. The van der Waals surface area contributed by atoms with E-state index in [4.69, 9.17) is 32.7 Å². The molecule has 5 nitrogen and oxygen atoms in total. The Kier molecular flexibility index (Phi) is 7.57. The van der Waals surface area contributed by atoms with Gasteiger partial charge in [0.2, 0.25) is 0 Å². The normalized spacial score (nSPS) is 15.8. The Hall–Kier alpha value is -1.79. The van der Waals surface area contributed by atoms with Gasteiger partial charge in [0.1, 0.15) is 5.75 Å². The van der Waals surface area contributed by atoms with Crippen molar-refractivity contribution in [1.82, 2.24) is 10.2 Å². The molecule has 0 bridgehead atoms. The van der Waals surface area contributed by atoms with Crippen LogP contribution in [0.4, 0.5) is 0 Å². The summed E-state index contributed by atoms with van der Waals surface area (Å²) in [4.78, 5) is 14.8. The van der Waals surface area contributed by atoms with Crippen molar-refractivity contribution in [3.8, 4) is 5.75 Å². The van der Waals surface area contributed by atoms with Gasteiger partial charge in [-0.05, 0) is 30.2 Å². The molecule has 1 amide bonds. The fourth-order valence-electron chi connectivity index (χ4n) is 3.02. The van der Waals surface area contributed by atoms with Gasteiger partial charge >= 0.3 is 0 Å². The zero-order valence-electron chi connectivity index (χ0n) is 15.8. The fraction of sp³-hybridized carbons (Fsp3) is 0.381. The molecule has 0 aromatic heterocycles. The second kappa shape index (κ2) is 10.1. The highest BCUT2D eigenvalue weighted by atomic mass is 35.5. The van der Waals surface area contributed by atoms with Gasteiger partial charge in [-0.15, -0.1) is 0 Å². The molecule has 1 saturated heterocycles. The largest absolute Gasteiger partial charge is 0.481 e. The van der Waals surface area contributed by atoms with Gasteiger partial charge in [-0.1, -0.05) is 47.5 Å².